The van der Waals surface area contributed by atoms with Gasteiger partial charge in [0.05, 0.1) is 0 Å². The van der Waals surface area contributed by atoms with Gasteiger partial charge in [-0.15, -0.1) is 0 Å². The first-order valence-corrected chi connectivity index (χ1v) is 4.92. The van der Waals surface area contributed by atoms with Crippen LogP contribution in [0.25, 0.3) is 10.9 Å². The average molecular weight is 188 g/mol. The normalized spacial score (nSPS) is 16.4. The average Bonchev–Trinajstić information content (AvgIpc) is 2.91. The Morgan fingerprint density at radius 2 is 2.21 bits per heavy atom. The lowest BCUT2D eigenvalue weighted by Gasteiger charge is -1.98. The Hall–Kier alpha value is -1.51. The van der Waals surface area contributed by atoms with Crippen LogP contribution in [0.4, 0.5) is 0 Å². The minimum Gasteiger partial charge on any atom is -0.506 e. The molecule has 0 amide bonds. The molecule has 1 fully saturated rings. The number of nitrogens with zero attached hydrogens (tertiary/aromatic N) is 2. The summed E-state index contributed by atoms with van der Waals surface area (Å²) in [6.07, 6.45) is 2.51. The number of benzene rings is 1. The number of aromatic nitrogens is 2. The molecule has 1 N–H and O–H groups in total. The zero-order valence-corrected chi connectivity index (χ0v) is 8.07. The molecule has 1 aromatic heterocycles. The van der Waals surface area contributed by atoms with E-state index in [0.717, 1.165) is 10.9 Å². The van der Waals surface area contributed by atoms with Crippen molar-refractivity contribution < 1.29 is 5.11 Å². The highest BCUT2D eigenvalue weighted by Crippen LogP contribution is 2.43. The molecular weight excluding hydrogens is 176 g/mol. The molecule has 14 heavy (non-hydrogen) atoms. The summed E-state index contributed by atoms with van der Waals surface area (Å²) in [4.78, 5) is 0. The van der Waals surface area contributed by atoms with Crippen LogP contribution < -0.4 is 0 Å². The largest absolute Gasteiger partial charge is 0.506 e. The van der Waals surface area contributed by atoms with Gasteiger partial charge in [0, 0.05) is 24.0 Å². The summed E-state index contributed by atoms with van der Waals surface area (Å²) >= 11 is 0. The van der Waals surface area contributed by atoms with Crippen LogP contribution in [0.2, 0.25) is 0 Å². The second kappa shape index (κ2) is 2.50. The van der Waals surface area contributed by atoms with Crippen molar-refractivity contribution in [3.8, 4) is 5.75 Å². The molecule has 1 aromatic carbocycles. The molecule has 1 heterocycles. The van der Waals surface area contributed by atoms with E-state index in [1.54, 1.807) is 6.07 Å². The molecular formula is C11H12N2O. The van der Waals surface area contributed by atoms with Crippen LogP contribution in [-0.4, -0.2) is 14.9 Å². The Balaban J connectivity index is 2.37. The first-order chi connectivity index (χ1) is 6.77. The molecule has 0 bridgehead atoms. The maximum absolute atomic E-state index is 9.64. The smallest absolute Gasteiger partial charge is 0.143 e. The number of fused-ring (bicyclic) bond motifs is 1. The minimum absolute atomic E-state index is 0.282. The van der Waals surface area contributed by atoms with Crippen LogP contribution in [0.5, 0.6) is 5.75 Å². The lowest BCUT2D eigenvalue weighted by Crippen LogP contribution is -1.95. The van der Waals surface area contributed by atoms with Gasteiger partial charge in [0.1, 0.15) is 11.3 Å². The van der Waals surface area contributed by atoms with E-state index in [4.69, 9.17) is 0 Å². The Morgan fingerprint density at radius 1 is 1.43 bits per heavy atom. The van der Waals surface area contributed by atoms with Crippen LogP contribution in [0.1, 0.15) is 24.5 Å². The molecule has 1 aliphatic carbocycles. The van der Waals surface area contributed by atoms with Gasteiger partial charge in [-0.05, 0) is 18.9 Å². The van der Waals surface area contributed by atoms with E-state index >= 15 is 0 Å². The van der Waals surface area contributed by atoms with Gasteiger partial charge in [0.2, 0.25) is 0 Å². The highest BCUT2D eigenvalue weighted by Gasteiger charge is 2.29. The van der Waals surface area contributed by atoms with Crippen molar-refractivity contribution in [2.75, 3.05) is 0 Å². The van der Waals surface area contributed by atoms with Gasteiger partial charge in [-0.25, -0.2) is 0 Å². The Morgan fingerprint density at radius 3 is 2.93 bits per heavy atom. The van der Waals surface area contributed by atoms with Crippen LogP contribution in [-0.2, 0) is 7.05 Å². The summed E-state index contributed by atoms with van der Waals surface area (Å²) in [5.41, 5.74) is 2.01. The second-order valence-electron chi connectivity index (χ2n) is 3.96. The van der Waals surface area contributed by atoms with Crippen molar-refractivity contribution in [1.82, 2.24) is 9.78 Å². The number of aromatic hydroxyl groups is 1. The van der Waals surface area contributed by atoms with E-state index in [0.29, 0.717) is 5.92 Å². The predicted molar refractivity (Wildman–Crippen MR) is 54.4 cm³/mol. The fourth-order valence-corrected chi connectivity index (χ4v) is 2.06. The molecule has 3 nitrogen and oxygen atoms in total. The first-order valence-electron chi connectivity index (χ1n) is 4.92. The maximum atomic E-state index is 9.64. The number of hydrogen-bond donors (Lipinski definition) is 1. The zero-order valence-electron chi connectivity index (χ0n) is 8.07. The van der Waals surface area contributed by atoms with E-state index < -0.39 is 0 Å². The lowest BCUT2D eigenvalue weighted by atomic mass is 10.1. The van der Waals surface area contributed by atoms with E-state index in [-0.39, 0.29) is 5.75 Å². The van der Waals surface area contributed by atoms with Crippen molar-refractivity contribution in [2.45, 2.75) is 18.8 Å². The van der Waals surface area contributed by atoms with E-state index in [2.05, 4.69) is 5.10 Å². The Labute approximate surface area is 82.0 Å². The summed E-state index contributed by atoms with van der Waals surface area (Å²) in [5, 5.41) is 15.1. The highest BCUT2D eigenvalue weighted by atomic mass is 16.3. The van der Waals surface area contributed by atoms with Gasteiger partial charge in [-0.3, -0.25) is 4.68 Å². The standard InChI is InChI=1S/C11H12N2O/c1-13-11(7-5-6-7)8-3-2-4-9(14)10(8)12-13/h2-4,7,14H,5-6H2,1H3. The van der Waals surface area contributed by atoms with Gasteiger partial charge >= 0.3 is 0 Å². The molecule has 1 aliphatic rings. The van der Waals surface area contributed by atoms with E-state index in [1.807, 2.05) is 23.9 Å². The third-order valence-electron chi connectivity index (χ3n) is 2.85. The molecule has 0 atom stereocenters. The van der Waals surface area contributed by atoms with Crippen LogP contribution >= 0.6 is 0 Å². The number of hydrogen-bond acceptors (Lipinski definition) is 2. The molecule has 0 saturated heterocycles. The van der Waals surface area contributed by atoms with Gasteiger partial charge in [-0.1, -0.05) is 12.1 Å². The van der Waals surface area contributed by atoms with Gasteiger partial charge in [-0.2, -0.15) is 5.10 Å². The molecule has 3 rings (SSSR count). The summed E-state index contributed by atoms with van der Waals surface area (Å²) in [7, 11) is 1.95. The van der Waals surface area contributed by atoms with Gasteiger partial charge < -0.3 is 5.11 Å². The van der Waals surface area contributed by atoms with Gasteiger partial charge in [0.15, 0.2) is 0 Å². The minimum atomic E-state index is 0.282. The fourth-order valence-electron chi connectivity index (χ4n) is 2.06. The fraction of sp³-hybridized carbons (Fsp3) is 0.364. The molecule has 3 heteroatoms. The predicted octanol–water partition coefficient (Wildman–Crippen LogP) is 2.16. The summed E-state index contributed by atoms with van der Waals surface area (Å²) < 4.78 is 1.90. The molecule has 72 valence electrons. The van der Waals surface area contributed by atoms with Gasteiger partial charge in [0.25, 0.3) is 0 Å². The first kappa shape index (κ1) is 7.85. The number of rotatable bonds is 1. The van der Waals surface area contributed by atoms with Crippen LogP contribution in [0.3, 0.4) is 0 Å². The van der Waals surface area contributed by atoms with E-state index in [9.17, 15) is 5.11 Å². The quantitative estimate of drug-likeness (QED) is 0.744. The molecule has 0 aliphatic heterocycles. The Kier molecular flexibility index (Phi) is 1.40. The monoisotopic (exact) mass is 188 g/mol. The third-order valence-corrected chi connectivity index (χ3v) is 2.85. The van der Waals surface area contributed by atoms with Crippen molar-refractivity contribution in [3.63, 3.8) is 0 Å². The van der Waals surface area contributed by atoms with Crippen molar-refractivity contribution in [2.24, 2.45) is 7.05 Å². The number of phenolic OH excluding ortho intramolecular Hbond substituents is 1. The lowest BCUT2D eigenvalue weighted by molar-refractivity contribution is 0.479. The summed E-state index contributed by atoms with van der Waals surface area (Å²) in [5.74, 6) is 0.941. The molecule has 0 unspecified atom stereocenters. The van der Waals surface area contributed by atoms with Crippen molar-refractivity contribution in [1.29, 1.82) is 0 Å². The van der Waals surface area contributed by atoms with Crippen molar-refractivity contribution >= 4 is 10.9 Å². The number of phenols is 1. The van der Waals surface area contributed by atoms with E-state index in [1.165, 1.54) is 18.5 Å². The Bertz CT molecular complexity index is 497. The maximum Gasteiger partial charge on any atom is 0.143 e. The topological polar surface area (TPSA) is 38.0 Å². The zero-order chi connectivity index (χ0) is 9.71. The molecule has 0 radical (unpaired) electrons. The number of aryl methyl sites for hydroxylation is 1. The van der Waals surface area contributed by atoms with Crippen LogP contribution in [0.15, 0.2) is 18.2 Å². The molecule has 1 saturated carbocycles. The summed E-state index contributed by atoms with van der Waals surface area (Å²) in [6, 6.07) is 5.60. The van der Waals surface area contributed by atoms with Crippen LogP contribution in [0, 0.1) is 0 Å². The summed E-state index contributed by atoms with van der Waals surface area (Å²) in [6.45, 7) is 0. The molecule has 2 aromatic rings. The highest BCUT2D eigenvalue weighted by molar-refractivity contribution is 5.87. The van der Waals surface area contributed by atoms with Crippen molar-refractivity contribution in [3.05, 3.63) is 23.9 Å². The SMILES string of the molecule is Cn1nc2c(O)cccc2c1C1CC1. The third kappa shape index (κ3) is 0.953. The second-order valence-corrected chi connectivity index (χ2v) is 3.96. The molecule has 0 spiro atoms.